The first-order valence-corrected chi connectivity index (χ1v) is 8.09. The number of nitrogens with zero attached hydrogens (tertiary/aromatic N) is 2. The molecule has 1 unspecified atom stereocenters. The number of hydrogen-bond acceptors (Lipinski definition) is 5. The van der Waals surface area contributed by atoms with E-state index in [0.717, 1.165) is 13.2 Å². The molecule has 24 heavy (non-hydrogen) atoms. The third kappa shape index (κ3) is 21.6. The summed E-state index contributed by atoms with van der Waals surface area (Å²) < 4.78 is 14.5. The fraction of sp³-hybridized carbons (Fsp3) is 0.882. The first-order valence-electron chi connectivity index (χ1n) is 8.09. The molecule has 0 aromatic heterocycles. The van der Waals surface area contributed by atoms with Crippen LogP contribution in [0.15, 0.2) is 0 Å². The molecule has 0 aromatic carbocycles. The van der Waals surface area contributed by atoms with Crippen LogP contribution in [-0.2, 0) is 19.0 Å². The van der Waals surface area contributed by atoms with Gasteiger partial charge in [-0.2, -0.15) is 5.26 Å². The minimum absolute atomic E-state index is 0. The van der Waals surface area contributed by atoms with Crippen molar-refractivity contribution in [1.82, 2.24) is 0 Å². The average Bonchev–Trinajstić information content (AvgIpc) is 3.07. The van der Waals surface area contributed by atoms with Crippen LogP contribution in [-0.4, -0.2) is 52.1 Å². The molecular weight excluding hydrogens is 303 g/mol. The van der Waals surface area contributed by atoms with Crippen molar-refractivity contribution in [3.05, 3.63) is 5.32 Å². The summed E-state index contributed by atoms with van der Waals surface area (Å²) >= 11 is 0. The van der Waals surface area contributed by atoms with Crippen LogP contribution in [0.25, 0.3) is 5.32 Å². The summed E-state index contributed by atoms with van der Waals surface area (Å²) in [5.74, 6) is -0.639. The van der Waals surface area contributed by atoms with Crippen LogP contribution < -0.4 is 18.9 Å². The molecule has 0 aromatic rings. The van der Waals surface area contributed by atoms with Gasteiger partial charge in [0.2, 0.25) is 0 Å². The van der Waals surface area contributed by atoms with Gasteiger partial charge in [-0.05, 0) is 12.8 Å². The largest absolute Gasteiger partial charge is 1.00 e. The van der Waals surface area contributed by atoms with Gasteiger partial charge in [-0.1, -0.05) is 27.7 Å². The number of nitriles is 1. The van der Waals surface area contributed by atoms with Crippen molar-refractivity contribution < 1.29 is 37.9 Å². The second-order valence-electron chi connectivity index (χ2n) is 5.66. The van der Waals surface area contributed by atoms with Gasteiger partial charge in [0, 0.05) is 33.9 Å². The molecule has 0 aliphatic carbocycles. The van der Waals surface area contributed by atoms with Gasteiger partial charge in [-0.15, -0.1) is 12.1 Å². The van der Waals surface area contributed by atoms with Gasteiger partial charge < -0.3 is 24.3 Å². The number of ether oxygens (including phenoxy) is 3. The molecule has 1 aliphatic rings. The molecule has 0 N–H and O–H groups in total. The fourth-order valence-corrected chi connectivity index (χ4v) is 1.74. The zero-order valence-corrected chi connectivity index (χ0v) is 16.4. The number of rotatable bonds is 7. The molecular formula is C17H33LiN2O4. The maximum atomic E-state index is 10.2. The third-order valence-electron chi connectivity index (χ3n) is 2.73. The van der Waals surface area contributed by atoms with Crippen LogP contribution in [0.1, 0.15) is 47.0 Å². The van der Waals surface area contributed by atoms with Crippen LogP contribution in [0.5, 0.6) is 0 Å². The Morgan fingerprint density at radius 2 is 1.58 bits per heavy atom. The van der Waals surface area contributed by atoms with Gasteiger partial charge in [0.1, 0.15) is 12.2 Å². The quantitative estimate of drug-likeness (QED) is 0.380. The van der Waals surface area contributed by atoms with E-state index in [1.807, 2.05) is 6.07 Å². The Morgan fingerprint density at radius 3 is 1.75 bits per heavy atom. The van der Waals surface area contributed by atoms with Crippen molar-refractivity contribution in [3.8, 4) is 6.07 Å². The molecule has 1 fully saturated rings. The molecule has 0 bridgehead atoms. The second-order valence-corrected chi connectivity index (χ2v) is 5.66. The van der Waals surface area contributed by atoms with Crippen LogP contribution in [0.4, 0.5) is 0 Å². The molecule has 0 radical (unpaired) electrons. The molecule has 1 atom stereocenters. The topological polar surface area (TPSA) is 82.7 Å². The maximum absolute atomic E-state index is 10.2. The van der Waals surface area contributed by atoms with E-state index in [1.165, 1.54) is 27.1 Å². The molecule has 1 rings (SSSR count). The number of carbonyl (C=O) groups is 1. The van der Waals surface area contributed by atoms with Crippen molar-refractivity contribution in [3.63, 3.8) is 0 Å². The first-order chi connectivity index (χ1) is 10.9. The standard InChI is InChI=1S/C7H11NO3.C6H14N.C4H8O.Li/c1-10-7(11-2)3-6(4-8)5-9;1-5(2)7-6(3)4;1-2-4-5-3-1;/h5-7H,3H2,1-2H3;5-6H,1-4H3;1-4H2;/q;-1;;+1. The molecule has 0 saturated carbocycles. The normalized spacial score (nSPS) is 14.0. The Kier molecular flexibility index (Phi) is 24.4. The molecule has 1 heterocycles. The number of carbonyl (C=O) groups excluding carboxylic acids is 1. The van der Waals surface area contributed by atoms with Crippen molar-refractivity contribution >= 4 is 6.29 Å². The van der Waals surface area contributed by atoms with Crippen molar-refractivity contribution in [2.24, 2.45) is 5.92 Å². The second kappa shape index (κ2) is 20.6. The minimum atomic E-state index is -0.639. The summed E-state index contributed by atoms with van der Waals surface area (Å²) in [6, 6.07) is 2.82. The van der Waals surface area contributed by atoms with E-state index >= 15 is 0 Å². The summed E-state index contributed by atoms with van der Waals surface area (Å²) in [6.07, 6.45) is 2.96. The summed E-state index contributed by atoms with van der Waals surface area (Å²) in [5.41, 5.74) is 0. The smallest absolute Gasteiger partial charge is 0.658 e. The number of hydrogen-bond donors (Lipinski definition) is 0. The van der Waals surface area contributed by atoms with Crippen molar-refractivity contribution in [2.75, 3.05) is 27.4 Å². The predicted molar refractivity (Wildman–Crippen MR) is 91.3 cm³/mol. The summed E-state index contributed by atoms with van der Waals surface area (Å²) in [4.78, 5) is 10.2. The van der Waals surface area contributed by atoms with E-state index in [0.29, 0.717) is 18.4 Å². The average molecular weight is 336 g/mol. The van der Waals surface area contributed by atoms with E-state index in [9.17, 15) is 4.79 Å². The van der Waals surface area contributed by atoms with E-state index in [-0.39, 0.29) is 25.3 Å². The Morgan fingerprint density at radius 1 is 1.12 bits per heavy atom. The van der Waals surface area contributed by atoms with Crippen molar-refractivity contribution in [1.29, 1.82) is 5.26 Å². The molecule has 7 heteroatoms. The Labute approximate surface area is 159 Å². The minimum Gasteiger partial charge on any atom is -0.658 e. The van der Waals surface area contributed by atoms with Gasteiger partial charge in [0.05, 0.1) is 6.07 Å². The molecule has 1 aliphatic heterocycles. The first kappa shape index (κ1) is 28.4. The van der Waals surface area contributed by atoms with Crippen LogP contribution in [0, 0.1) is 17.2 Å². The monoisotopic (exact) mass is 336 g/mol. The van der Waals surface area contributed by atoms with Gasteiger partial charge in [-0.25, -0.2) is 0 Å². The van der Waals surface area contributed by atoms with E-state index in [1.54, 1.807) is 0 Å². The third-order valence-corrected chi connectivity index (χ3v) is 2.73. The summed E-state index contributed by atoms with van der Waals surface area (Å²) in [7, 11) is 2.93. The van der Waals surface area contributed by atoms with Gasteiger partial charge >= 0.3 is 18.9 Å². The predicted octanol–water partition coefficient (Wildman–Crippen LogP) is 0.312. The Balaban J connectivity index is -0.000000291. The Bertz CT molecular complexity index is 288. The number of methoxy groups -OCH3 is 2. The zero-order valence-electron chi connectivity index (χ0n) is 16.4. The molecule has 0 amide bonds. The maximum Gasteiger partial charge on any atom is 1.00 e. The summed E-state index contributed by atoms with van der Waals surface area (Å²) in [5, 5.41) is 12.7. The van der Waals surface area contributed by atoms with Crippen LogP contribution in [0.3, 0.4) is 0 Å². The van der Waals surface area contributed by atoms with Gasteiger partial charge in [0.25, 0.3) is 0 Å². The molecule has 136 valence electrons. The van der Waals surface area contributed by atoms with Crippen LogP contribution >= 0.6 is 0 Å². The van der Waals surface area contributed by atoms with E-state index < -0.39 is 12.2 Å². The molecule has 1 saturated heterocycles. The fourth-order valence-electron chi connectivity index (χ4n) is 1.74. The van der Waals surface area contributed by atoms with E-state index in [2.05, 4.69) is 33.0 Å². The van der Waals surface area contributed by atoms with Crippen LogP contribution in [0.2, 0.25) is 0 Å². The zero-order chi connectivity index (χ0) is 18.1. The van der Waals surface area contributed by atoms with E-state index in [4.69, 9.17) is 19.5 Å². The van der Waals surface area contributed by atoms with Crippen molar-refractivity contribution in [2.45, 2.75) is 65.3 Å². The SMILES string of the molecule is C1CCOC1.CC(C)[N-]C(C)C.COC(CC(C#N)C=O)OC.[Li+]. The number of aldehydes is 1. The van der Waals surface area contributed by atoms with Gasteiger partial charge in [0.15, 0.2) is 6.29 Å². The molecule has 0 spiro atoms. The Hall–Kier alpha value is -0.403. The van der Waals surface area contributed by atoms with Gasteiger partial charge in [-0.3, -0.25) is 0 Å². The molecule has 6 nitrogen and oxygen atoms in total. The summed E-state index contributed by atoms with van der Waals surface area (Å²) in [6.45, 7) is 10.4.